The number of carbonyl (C=O) groups is 1. The van der Waals surface area contributed by atoms with Crippen molar-refractivity contribution in [1.29, 1.82) is 0 Å². The van der Waals surface area contributed by atoms with E-state index in [2.05, 4.69) is 24.0 Å². The van der Waals surface area contributed by atoms with Gasteiger partial charge < -0.3 is 9.47 Å². The number of esters is 1. The van der Waals surface area contributed by atoms with Gasteiger partial charge in [0.2, 0.25) is 0 Å². The normalized spacial score (nSPS) is 14.2. The molecule has 0 radical (unpaired) electrons. The molecule has 1 saturated heterocycles. The standard InChI is InChI=1S/C25H29O3S/c1-19-16-22(29-14-8-9-15-29)17-20(2)24(19)27-18-23(26)28-25(3,4)13-12-21-10-6-5-7-11-21/h5-7,10-11,16-17H,8-9,14-15,18H2,1-4H3/q+1. The van der Waals surface area contributed by atoms with Crippen LogP contribution >= 0.6 is 0 Å². The molecule has 0 aliphatic carbocycles. The summed E-state index contributed by atoms with van der Waals surface area (Å²) in [5.41, 5.74) is 2.17. The van der Waals surface area contributed by atoms with Crippen LogP contribution in [0, 0.1) is 25.7 Å². The summed E-state index contributed by atoms with van der Waals surface area (Å²) < 4.78 is 11.4. The number of carbonyl (C=O) groups excluding carboxylic acids is 1. The lowest BCUT2D eigenvalue weighted by Crippen LogP contribution is -2.29. The number of hydrogen-bond donors (Lipinski definition) is 0. The van der Waals surface area contributed by atoms with Gasteiger partial charge in [-0.2, -0.15) is 0 Å². The van der Waals surface area contributed by atoms with Gasteiger partial charge in [0.25, 0.3) is 0 Å². The molecule has 1 aliphatic rings. The average molecular weight is 410 g/mol. The van der Waals surface area contributed by atoms with Crippen LogP contribution in [-0.2, 0) is 20.4 Å². The minimum absolute atomic E-state index is 0.122. The summed E-state index contributed by atoms with van der Waals surface area (Å²) in [6.45, 7) is 7.55. The van der Waals surface area contributed by atoms with Gasteiger partial charge in [0.05, 0.1) is 0 Å². The van der Waals surface area contributed by atoms with Gasteiger partial charge in [-0.15, -0.1) is 0 Å². The monoisotopic (exact) mass is 409 g/mol. The fourth-order valence-electron chi connectivity index (χ4n) is 3.41. The quantitative estimate of drug-likeness (QED) is 0.403. The molecule has 1 aliphatic heterocycles. The second-order valence-electron chi connectivity index (χ2n) is 7.88. The highest BCUT2D eigenvalue weighted by molar-refractivity contribution is 7.97. The molecule has 0 bridgehead atoms. The summed E-state index contributed by atoms with van der Waals surface area (Å²) in [5.74, 6) is 9.02. The number of benzene rings is 2. The highest BCUT2D eigenvalue weighted by atomic mass is 32.2. The molecule has 0 amide bonds. The summed E-state index contributed by atoms with van der Waals surface area (Å²) in [6.07, 6.45) is 2.66. The molecule has 3 rings (SSSR count). The molecule has 1 fully saturated rings. The lowest BCUT2D eigenvalue weighted by atomic mass is 10.1. The first-order valence-corrected chi connectivity index (χ1v) is 11.6. The Hall–Kier alpha value is -2.38. The van der Waals surface area contributed by atoms with E-state index in [1.54, 1.807) is 13.8 Å². The fourth-order valence-corrected chi connectivity index (χ4v) is 5.88. The second kappa shape index (κ2) is 9.41. The molecule has 2 aromatic carbocycles. The van der Waals surface area contributed by atoms with Crippen molar-refractivity contribution >= 4 is 16.9 Å². The van der Waals surface area contributed by atoms with Crippen LogP contribution in [0.3, 0.4) is 0 Å². The Morgan fingerprint density at radius 1 is 1.07 bits per heavy atom. The molecule has 3 nitrogen and oxygen atoms in total. The summed E-state index contributed by atoms with van der Waals surface area (Å²) in [7, 11) is 0.374. The molecule has 0 atom stereocenters. The van der Waals surface area contributed by atoms with E-state index in [1.165, 1.54) is 29.2 Å². The van der Waals surface area contributed by atoms with E-state index in [-0.39, 0.29) is 6.61 Å². The molecule has 0 N–H and O–H groups in total. The van der Waals surface area contributed by atoms with Gasteiger partial charge >= 0.3 is 5.97 Å². The van der Waals surface area contributed by atoms with E-state index in [0.717, 1.165) is 22.4 Å². The van der Waals surface area contributed by atoms with Crippen LogP contribution in [-0.4, -0.2) is 29.7 Å². The van der Waals surface area contributed by atoms with E-state index < -0.39 is 11.6 Å². The minimum Gasteiger partial charge on any atom is -0.481 e. The number of aryl methyl sites for hydroxylation is 2. The topological polar surface area (TPSA) is 35.5 Å². The summed E-state index contributed by atoms with van der Waals surface area (Å²) in [5, 5.41) is 0. The SMILES string of the molecule is Cc1cc([S+]2CCCC2)cc(C)c1OCC(=O)OC(C)(C)C#Cc1ccccc1. The Bertz CT molecular complexity index is 893. The Kier molecular flexibility index (Phi) is 6.92. The smallest absolute Gasteiger partial charge is 0.345 e. The molecule has 2 aromatic rings. The van der Waals surface area contributed by atoms with Crippen LogP contribution in [0.1, 0.15) is 43.4 Å². The number of ether oxygens (including phenoxy) is 2. The van der Waals surface area contributed by atoms with E-state index in [0.29, 0.717) is 10.9 Å². The Morgan fingerprint density at radius 3 is 2.31 bits per heavy atom. The van der Waals surface area contributed by atoms with Gasteiger partial charge in [-0.05, 0) is 75.9 Å². The van der Waals surface area contributed by atoms with Crippen molar-refractivity contribution in [3.63, 3.8) is 0 Å². The maximum atomic E-state index is 12.3. The molecule has 0 unspecified atom stereocenters. The molecule has 0 saturated carbocycles. The summed E-state index contributed by atoms with van der Waals surface area (Å²) in [6, 6.07) is 14.1. The lowest BCUT2D eigenvalue weighted by molar-refractivity contribution is -0.154. The molecular weight excluding hydrogens is 380 g/mol. The van der Waals surface area contributed by atoms with E-state index >= 15 is 0 Å². The van der Waals surface area contributed by atoms with Crippen molar-refractivity contribution in [2.75, 3.05) is 18.1 Å². The molecule has 29 heavy (non-hydrogen) atoms. The van der Waals surface area contributed by atoms with E-state index in [9.17, 15) is 4.79 Å². The van der Waals surface area contributed by atoms with E-state index in [1.807, 2.05) is 44.2 Å². The van der Waals surface area contributed by atoms with Gasteiger partial charge in [0.1, 0.15) is 17.3 Å². The average Bonchev–Trinajstić information content (AvgIpc) is 3.21. The Balaban J connectivity index is 1.59. The highest BCUT2D eigenvalue weighted by Gasteiger charge is 2.28. The number of hydrogen-bond acceptors (Lipinski definition) is 3. The maximum Gasteiger partial charge on any atom is 0.345 e. The molecule has 152 valence electrons. The molecule has 0 spiro atoms. The van der Waals surface area contributed by atoms with Gasteiger partial charge in [-0.25, -0.2) is 4.79 Å². The zero-order valence-corrected chi connectivity index (χ0v) is 18.5. The fraction of sp³-hybridized carbons (Fsp3) is 0.400. The second-order valence-corrected chi connectivity index (χ2v) is 10.2. The molecular formula is C25H29O3S+. The van der Waals surface area contributed by atoms with Crippen LogP contribution in [0.4, 0.5) is 0 Å². The van der Waals surface area contributed by atoms with Crippen molar-refractivity contribution in [2.24, 2.45) is 0 Å². The lowest BCUT2D eigenvalue weighted by Gasteiger charge is -2.19. The molecule has 0 aromatic heterocycles. The van der Waals surface area contributed by atoms with Crippen LogP contribution in [0.2, 0.25) is 0 Å². The van der Waals surface area contributed by atoms with Crippen molar-refractivity contribution in [2.45, 2.75) is 51.0 Å². The third kappa shape index (κ3) is 6.05. The highest BCUT2D eigenvalue weighted by Crippen LogP contribution is 2.31. The van der Waals surface area contributed by atoms with Crippen molar-refractivity contribution in [1.82, 2.24) is 0 Å². The van der Waals surface area contributed by atoms with Gasteiger partial charge in [-0.1, -0.05) is 30.0 Å². The van der Waals surface area contributed by atoms with Crippen molar-refractivity contribution in [3.05, 3.63) is 59.2 Å². The molecule has 1 heterocycles. The van der Waals surface area contributed by atoms with Gasteiger partial charge in [0, 0.05) is 16.5 Å². The van der Waals surface area contributed by atoms with E-state index in [4.69, 9.17) is 9.47 Å². The van der Waals surface area contributed by atoms with Crippen molar-refractivity contribution in [3.8, 4) is 17.6 Å². The molecule has 4 heteroatoms. The zero-order chi connectivity index (χ0) is 20.9. The summed E-state index contributed by atoms with van der Waals surface area (Å²) >= 11 is 0. The minimum atomic E-state index is -0.881. The van der Waals surface area contributed by atoms with Gasteiger partial charge in [0.15, 0.2) is 17.1 Å². The zero-order valence-electron chi connectivity index (χ0n) is 17.7. The van der Waals surface area contributed by atoms with Crippen LogP contribution < -0.4 is 4.74 Å². The third-order valence-corrected chi connectivity index (χ3v) is 7.25. The van der Waals surface area contributed by atoms with Crippen LogP contribution in [0.5, 0.6) is 5.75 Å². The first kappa shape index (κ1) is 21.3. The predicted octanol–water partition coefficient (Wildman–Crippen LogP) is 4.83. The third-order valence-electron chi connectivity index (χ3n) is 4.78. The van der Waals surface area contributed by atoms with Crippen LogP contribution in [0.15, 0.2) is 47.4 Å². The first-order valence-electron chi connectivity index (χ1n) is 10.1. The first-order chi connectivity index (χ1) is 13.8. The van der Waals surface area contributed by atoms with Gasteiger partial charge in [-0.3, -0.25) is 0 Å². The largest absolute Gasteiger partial charge is 0.481 e. The Morgan fingerprint density at radius 2 is 1.69 bits per heavy atom. The van der Waals surface area contributed by atoms with Crippen LogP contribution in [0.25, 0.3) is 0 Å². The Labute approximate surface area is 177 Å². The summed E-state index contributed by atoms with van der Waals surface area (Å²) in [4.78, 5) is 13.7. The number of rotatable bonds is 5. The van der Waals surface area contributed by atoms with Crippen molar-refractivity contribution < 1.29 is 14.3 Å². The maximum absolute atomic E-state index is 12.3. The predicted molar refractivity (Wildman–Crippen MR) is 120 cm³/mol.